The molecule has 0 atom stereocenters. The van der Waals surface area contributed by atoms with Crippen LogP contribution in [0, 0.1) is 12.7 Å². The number of amides is 2. The molecule has 0 aliphatic carbocycles. The zero-order valence-electron chi connectivity index (χ0n) is 17.8. The molecule has 172 valence electrons. The van der Waals surface area contributed by atoms with E-state index in [1.54, 1.807) is 43.8 Å². The summed E-state index contributed by atoms with van der Waals surface area (Å²) in [4.78, 5) is 21.4. The van der Waals surface area contributed by atoms with E-state index in [4.69, 9.17) is 14.2 Å². The molecule has 2 amide bonds. The molecule has 2 aromatic heterocycles. The molecule has 0 aliphatic heterocycles. The van der Waals surface area contributed by atoms with Gasteiger partial charge in [0.2, 0.25) is 0 Å². The molecular weight excluding hydrogens is 471 g/mol. The number of nitrogens with zero attached hydrogens (tertiary/aromatic N) is 2. The van der Waals surface area contributed by atoms with Crippen LogP contribution in [0.2, 0.25) is 0 Å². The van der Waals surface area contributed by atoms with E-state index in [1.807, 2.05) is 6.92 Å². The van der Waals surface area contributed by atoms with Crippen molar-refractivity contribution in [2.24, 2.45) is 0 Å². The lowest BCUT2D eigenvalue weighted by atomic mass is 10.2. The van der Waals surface area contributed by atoms with Gasteiger partial charge in [0.05, 0.1) is 25.4 Å². The number of halogens is 2. The summed E-state index contributed by atoms with van der Waals surface area (Å²) in [5, 5.41) is 6.13. The summed E-state index contributed by atoms with van der Waals surface area (Å²) in [5.74, 6) is 1.13. The Balaban J connectivity index is 0.00000306. The Morgan fingerprint density at radius 3 is 2.42 bits per heavy atom. The van der Waals surface area contributed by atoms with Crippen LogP contribution >= 0.6 is 23.7 Å². The molecular formula is C22H20ClFN4O4S. The summed E-state index contributed by atoms with van der Waals surface area (Å²) < 4.78 is 31.1. The van der Waals surface area contributed by atoms with Gasteiger partial charge >= 0.3 is 6.03 Å². The Hall–Kier alpha value is -3.63. The second-order valence-corrected chi connectivity index (χ2v) is 7.87. The Bertz CT molecular complexity index is 1300. The van der Waals surface area contributed by atoms with E-state index in [0.29, 0.717) is 33.3 Å². The number of ether oxygens (including phenoxy) is 3. The monoisotopic (exact) mass is 490 g/mol. The molecule has 8 nitrogen and oxygen atoms in total. The standard InChI is InChI=1S/C22H19FN4O4S.ClH/c1-12-11-25-22(32-12)27-21(28)26-16-5-4-13(8-15(16)23)31-18-6-7-24-17-10-20(30-3)19(29-2)9-14(17)18;/h4-11H,1-3H3,(H2,25,26,27,28);1H. The molecule has 2 heterocycles. The first kappa shape index (κ1) is 24.0. The number of rotatable bonds is 6. The molecule has 2 N–H and O–H groups in total. The van der Waals surface area contributed by atoms with E-state index in [0.717, 1.165) is 4.88 Å². The fourth-order valence-corrected chi connectivity index (χ4v) is 3.65. The van der Waals surface area contributed by atoms with Crippen molar-refractivity contribution in [1.82, 2.24) is 9.97 Å². The smallest absolute Gasteiger partial charge is 0.325 e. The first-order valence-corrected chi connectivity index (χ1v) is 10.3. The minimum absolute atomic E-state index is 0. The third-order valence-corrected chi connectivity index (χ3v) is 5.29. The molecule has 0 radical (unpaired) electrons. The summed E-state index contributed by atoms with van der Waals surface area (Å²) in [6, 6.07) is 8.72. The van der Waals surface area contributed by atoms with Crippen molar-refractivity contribution in [3.63, 3.8) is 0 Å². The molecule has 0 aliphatic rings. The number of fused-ring (bicyclic) bond motifs is 1. The quantitative estimate of drug-likeness (QED) is 0.343. The van der Waals surface area contributed by atoms with Crippen LogP contribution in [0.4, 0.5) is 20.0 Å². The first-order chi connectivity index (χ1) is 15.5. The minimum Gasteiger partial charge on any atom is -0.493 e. The van der Waals surface area contributed by atoms with Gasteiger partial charge in [-0.25, -0.2) is 14.2 Å². The maximum Gasteiger partial charge on any atom is 0.325 e. The fourth-order valence-electron chi connectivity index (χ4n) is 2.99. The van der Waals surface area contributed by atoms with Gasteiger partial charge in [-0.15, -0.1) is 23.7 Å². The lowest BCUT2D eigenvalue weighted by Crippen LogP contribution is -2.19. The molecule has 0 unspecified atom stereocenters. The van der Waals surface area contributed by atoms with Crippen LogP contribution < -0.4 is 24.8 Å². The number of thiazole rings is 1. The van der Waals surface area contributed by atoms with E-state index in [9.17, 15) is 9.18 Å². The van der Waals surface area contributed by atoms with Crippen molar-refractivity contribution < 1.29 is 23.4 Å². The van der Waals surface area contributed by atoms with Crippen LogP contribution in [0.3, 0.4) is 0 Å². The topological polar surface area (TPSA) is 94.6 Å². The normalized spacial score (nSPS) is 10.3. The van der Waals surface area contributed by atoms with Crippen LogP contribution in [-0.2, 0) is 0 Å². The molecule has 0 saturated carbocycles. The number of aryl methyl sites for hydroxylation is 1. The van der Waals surface area contributed by atoms with E-state index >= 15 is 0 Å². The van der Waals surface area contributed by atoms with Gasteiger partial charge in [0.1, 0.15) is 17.3 Å². The van der Waals surface area contributed by atoms with Gasteiger partial charge in [0.15, 0.2) is 16.6 Å². The average Bonchev–Trinajstić information content (AvgIpc) is 3.19. The maximum absolute atomic E-state index is 14.6. The molecule has 0 bridgehead atoms. The highest BCUT2D eigenvalue weighted by molar-refractivity contribution is 7.15. The Morgan fingerprint density at radius 1 is 1.00 bits per heavy atom. The predicted molar refractivity (Wildman–Crippen MR) is 128 cm³/mol. The number of carbonyl (C=O) groups excluding carboxylic acids is 1. The number of benzene rings is 2. The highest BCUT2D eigenvalue weighted by Crippen LogP contribution is 2.37. The second kappa shape index (κ2) is 10.3. The summed E-state index contributed by atoms with van der Waals surface area (Å²) in [6.07, 6.45) is 3.22. The lowest BCUT2D eigenvalue weighted by molar-refractivity contribution is 0.262. The third kappa shape index (κ3) is 5.41. The van der Waals surface area contributed by atoms with Gasteiger partial charge in [-0.05, 0) is 31.2 Å². The number of hydrogen-bond acceptors (Lipinski definition) is 7. The Labute approximate surface area is 199 Å². The Kier molecular flexibility index (Phi) is 7.52. The third-order valence-electron chi connectivity index (χ3n) is 4.47. The molecule has 4 aromatic rings. The number of methoxy groups -OCH3 is 2. The van der Waals surface area contributed by atoms with Gasteiger partial charge in [-0.1, -0.05) is 0 Å². The average molecular weight is 491 g/mol. The van der Waals surface area contributed by atoms with Crippen molar-refractivity contribution >= 4 is 51.5 Å². The molecule has 0 spiro atoms. The van der Waals surface area contributed by atoms with Gasteiger partial charge in [-0.3, -0.25) is 10.3 Å². The van der Waals surface area contributed by atoms with Crippen molar-refractivity contribution in [1.29, 1.82) is 0 Å². The summed E-state index contributed by atoms with van der Waals surface area (Å²) in [5.41, 5.74) is 0.641. The highest BCUT2D eigenvalue weighted by Gasteiger charge is 2.13. The summed E-state index contributed by atoms with van der Waals surface area (Å²) >= 11 is 1.32. The number of nitrogens with one attached hydrogen (secondary N) is 2. The first-order valence-electron chi connectivity index (χ1n) is 9.45. The van der Waals surface area contributed by atoms with Gasteiger partial charge in [0, 0.05) is 34.8 Å². The van der Waals surface area contributed by atoms with Crippen molar-refractivity contribution in [2.75, 3.05) is 24.9 Å². The maximum atomic E-state index is 14.6. The van der Waals surface area contributed by atoms with Crippen LogP contribution in [0.5, 0.6) is 23.0 Å². The number of pyridine rings is 1. The summed E-state index contributed by atoms with van der Waals surface area (Å²) in [6.45, 7) is 1.87. The molecule has 2 aromatic carbocycles. The molecule has 11 heteroatoms. The molecule has 0 fully saturated rings. The van der Waals surface area contributed by atoms with Crippen LogP contribution in [-0.4, -0.2) is 30.2 Å². The van der Waals surface area contributed by atoms with Gasteiger partial charge in [-0.2, -0.15) is 0 Å². The zero-order chi connectivity index (χ0) is 22.7. The van der Waals surface area contributed by atoms with Gasteiger partial charge in [0.25, 0.3) is 0 Å². The lowest BCUT2D eigenvalue weighted by Gasteiger charge is -2.13. The van der Waals surface area contributed by atoms with E-state index in [2.05, 4.69) is 20.6 Å². The highest BCUT2D eigenvalue weighted by atomic mass is 35.5. The SMILES string of the molecule is COc1cc2nccc(Oc3ccc(NC(=O)Nc4ncc(C)s4)c(F)c3)c2cc1OC.Cl. The van der Waals surface area contributed by atoms with Gasteiger partial charge < -0.3 is 19.5 Å². The van der Waals surface area contributed by atoms with E-state index in [-0.39, 0.29) is 23.8 Å². The minimum atomic E-state index is -0.648. The van der Waals surface area contributed by atoms with Crippen LogP contribution in [0.25, 0.3) is 10.9 Å². The van der Waals surface area contributed by atoms with E-state index in [1.165, 1.54) is 30.6 Å². The number of urea groups is 1. The van der Waals surface area contributed by atoms with E-state index < -0.39 is 11.8 Å². The molecule has 33 heavy (non-hydrogen) atoms. The van der Waals surface area contributed by atoms with Crippen LogP contribution in [0.15, 0.2) is 48.8 Å². The van der Waals surface area contributed by atoms with Crippen molar-refractivity contribution in [3.05, 3.63) is 59.5 Å². The largest absolute Gasteiger partial charge is 0.493 e. The summed E-state index contributed by atoms with van der Waals surface area (Å²) in [7, 11) is 3.08. The van der Waals surface area contributed by atoms with Crippen LogP contribution in [0.1, 0.15) is 4.88 Å². The number of carbonyl (C=O) groups is 1. The second-order valence-electron chi connectivity index (χ2n) is 6.63. The number of hydrogen-bond donors (Lipinski definition) is 2. The van der Waals surface area contributed by atoms with Crippen molar-refractivity contribution in [2.45, 2.75) is 6.92 Å². The molecule has 0 saturated heterocycles. The predicted octanol–water partition coefficient (Wildman–Crippen LogP) is 6.01. The number of aromatic nitrogens is 2. The fraction of sp³-hybridized carbons (Fsp3) is 0.136. The molecule has 4 rings (SSSR count). The zero-order valence-corrected chi connectivity index (χ0v) is 19.5. The number of anilines is 2. The Morgan fingerprint density at radius 2 is 1.76 bits per heavy atom. The van der Waals surface area contributed by atoms with Crippen molar-refractivity contribution in [3.8, 4) is 23.0 Å².